The normalized spacial score (nSPS) is 10.9. The maximum absolute atomic E-state index is 10.9. The van der Waals surface area contributed by atoms with Crippen molar-refractivity contribution >= 4 is 5.97 Å². The van der Waals surface area contributed by atoms with Crippen LogP contribution in [0.2, 0.25) is 0 Å². The molecule has 0 aliphatic heterocycles. The van der Waals surface area contributed by atoms with Gasteiger partial charge in [-0.05, 0) is 19.9 Å². The van der Waals surface area contributed by atoms with E-state index in [9.17, 15) is 4.79 Å². The van der Waals surface area contributed by atoms with Crippen LogP contribution >= 0.6 is 0 Å². The predicted molar refractivity (Wildman–Crippen MR) is 43.7 cm³/mol. The minimum Gasteiger partial charge on any atom is -0.463 e. The van der Waals surface area contributed by atoms with Gasteiger partial charge in [0.15, 0.2) is 0 Å². The first kappa shape index (κ1) is 9.75. The van der Waals surface area contributed by atoms with Crippen molar-refractivity contribution in [2.45, 2.75) is 13.8 Å². The molecule has 2 N–H and O–H groups in total. The molecule has 0 unspecified atom stereocenters. The van der Waals surface area contributed by atoms with Gasteiger partial charge in [-0.2, -0.15) is 0 Å². The maximum Gasteiger partial charge on any atom is 0.333 e. The van der Waals surface area contributed by atoms with Crippen molar-refractivity contribution in [2.75, 3.05) is 6.61 Å². The summed E-state index contributed by atoms with van der Waals surface area (Å²) in [6, 6.07) is 0. The molecule has 0 rings (SSSR count). The molecule has 0 aromatic heterocycles. The zero-order valence-corrected chi connectivity index (χ0v) is 6.89. The quantitative estimate of drug-likeness (QED) is 0.375. The highest BCUT2D eigenvalue weighted by molar-refractivity contribution is 5.88. The van der Waals surface area contributed by atoms with Gasteiger partial charge in [0.1, 0.15) is 0 Å². The summed E-state index contributed by atoms with van der Waals surface area (Å²) in [5.41, 5.74) is 6.08. The molecule has 0 aromatic carbocycles. The molecule has 11 heavy (non-hydrogen) atoms. The van der Waals surface area contributed by atoms with Crippen molar-refractivity contribution in [1.82, 2.24) is 0 Å². The maximum atomic E-state index is 10.9. The molecule has 0 spiro atoms. The highest BCUT2D eigenvalue weighted by atomic mass is 16.5. The lowest BCUT2D eigenvalue weighted by Gasteiger charge is -2.00. The van der Waals surface area contributed by atoms with Gasteiger partial charge in [-0.3, -0.25) is 0 Å². The molecule has 0 saturated carbocycles. The van der Waals surface area contributed by atoms with Gasteiger partial charge in [0.2, 0.25) is 0 Å². The van der Waals surface area contributed by atoms with Crippen LogP contribution in [0.4, 0.5) is 0 Å². The molecule has 3 nitrogen and oxygen atoms in total. The Morgan fingerprint density at radius 2 is 2.27 bits per heavy atom. The molecule has 0 heterocycles. The number of rotatable bonds is 3. The highest BCUT2D eigenvalue weighted by Crippen LogP contribution is 1.98. The molecule has 0 saturated heterocycles. The number of esters is 1. The largest absolute Gasteiger partial charge is 0.463 e. The van der Waals surface area contributed by atoms with Crippen molar-refractivity contribution in [3.05, 3.63) is 23.9 Å². The first-order valence-electron chi connectivity index (χ1n) is 3.37. The zero-order chi connectivity index (χ0) is 8.85. The Bertz CT molecular complexity index is 194. The third-order valence-corrected chi connectivity index (χ3v) is 0.999. The van der Waals surface area contributed by atoms with E-state index in [1.165, 1.54) is 6.08 Å². The molecule has 0 radical (unpaired) electrons. The summed E-state index contributed by atoms with van der Waals surface area (Å²) >= 11 is 0. The Hall–Kier alpha value is -1.25. The van der Waals surface area contributed by atoms with Crippen LogP contribution in [0.25, 0.3) is 0 Å². The molecule has 0 fully saturated rings. The third kappa shape index (κ3) is 4.19. The van der Waals surface area contributed by atoms with E-state index < -0.39 is 0 Å². The van der Waals surface area contributed by atoms with E-state index >= 15 is 0 Å². The van der Waals surface area contributed by atoms with Gasteiger partial charge in [0.25, 0.3) is 0 Å². The lowest BCUT2D eigenvalue weighted by Crippen LogP contribution is -2.06. The van der Waals surface area contributed by atoms with Crippen LogP contribution in [0.3, 0.4) is 0 Å². The number of ether oxygens (including phenoxy) is 1. The van der Waals surface area contributed by atoms with E-state index in [-0.39, 0.29) is 5.97 Å². The van der Waals surface area contributed by atoms with Crippen LogP contribution in [0.5, 0.6) is 0 Å². The molecule has 62 valence electrons. The van der Waals surface area contributed by atoms with E-state index in [2.05, 4.69) is 6.58 Å². The summed E-state index contributed by atoms with van der Waals surface area (Å²) in [6.45, 7) is 7.19. The molecular formula is C8H13NO2. The zero-order valence-electron chi connectivity index (χ0n) is 6.89. The molecule has 0 atom stereocenters. The van der Waals surface area contributed by atoms with Gasteiger partial charge in [0, 0.05) is 11.3 Å². The van der Waals surface area contributed by atoms with Gasteiger partial charge >= 0.3 is 5.97 Å². The van der Waals surface area contributed by atoms with Crippen LogP contribution in [-0.4, -0.2) is 12.6 Å². The minimum absolute atomic E-state index is 0.348. The van der Waals surface area contributed by atoms with Gasteiger partial charge in [0.05, 0.1) is 6.61 Å². The van der Waals surface area contributed by atoms with Crippen molar-refractivity contribution in [2.24, 2.45) is 5.73 Å². The second kappa shape index (κ2) is 4.55. The number of hydrogen-bond acceptors (Lipinski definition) is 3. The summed E-state index contributed by atoms with van der Waals surface area (Å²) in [5.74, 6) is -0.348. The predicted octanol–water partition coefficient (Wildman–Crippen LogP) is 0.968. The number of nitrogens with two attached hydrogens (primary N) is 1. The average molecular weight is 155 g/mol. The topological polar surface area (TPSA) is 52.3 Å². The average Bonchev–Trinajstić information content (AvgIpc) is 1.86. The molecular weight excluding hydrogens is 142 g/mol. The Morgan fingerprint density at radius 1 is 1.73 bits per heavy atom. The molecule has 0 aliphatic rings. The SMILES string of the molecule is C=C(N)/C=C(\C)C(=O)OCC. The van der Waals surface area contributed by atoms with Crippen molar-refractivity contribution < 1.29 is 9.53 Å². The lowest BCUT2D eigenvalue weighted by atomic mass is 10.2. The fourth-order valence-corrected chi connectivity index (χ4v) is 0.582. The van der Waals surface area contributed by atoms with Gasteiger partial charge in [-0.25, -0.2) is 4.79 Å². The molecule has 0 aliphatic carbocycles. The van der Waals surface area contributed by atoms with Gasteiger partial charge in [-0.15, -0.1) is 0 Å². The van der Waals surface area contributed by atoms with Crippen LogP contribution in [0, 0.1) is 0 Å². The summed E-state index contributed by atoms with van der Waals surface area (Å²) in [6.07, 6.45) is 1.48. The van der Waals surface area contributed by atoms with E-state index in [0.29, 0.717) is 17.9 Å². The molecule has 0 aromatic rings. The highest BCUT2D eigenvalue weighted by Gasteiger charge is 2.02. The number of carbonyl (C=O) groups excluding carboxylic acids is 1. The molecule has 0 amide bonds. The first-order chi connectivity index (χ1) is 5.07. The summed E-state index contributed by atoms with van der Waals surface area (Å²) < 4.78 is 4.70. The van der Waals surface area contributed by atoms with Crippen molar-refractivity contribution in [1.29, 1.82) is 0 Å². The third-order valence-electron chi connectivity index (χ3n) is 0.999. The van der Waals surface area contributed by atoms with Crippen LogP contribution in [0.15, 0.2) is 23.9 Å². The number of hydrogen-bond donors (Lipinski definition) is 1. The van der Waals surface area contributed by atoms with Gasteiger partial charge in [-0.1, -0.05) is 6.58 Å². The van der Waals surface area contributed by atoms with E-state index in [0.717, 1.165) is 0 Å². The summed E-state index contributed by atoms with van der Waals surface area (Å²) in [7, 11) is 0. The second-order valence-electron chi connectivity index (χ2n) is 2.12. The van der Waals surface area contributed by atoms with Gasteiger partial charge < -0.3 is 10.5 Å². The Morgan fingerprint density at radius 3 is 2.64 bits per heavy atom. The smallest absolute Gasteiger partial charge is 0.333 e. The fraction of sp³-hybridized carbons (Fsp3) is 0.375. The number of allylic oxidation sites excluding steroid dienone is 1. The van der Waals surface area contributed by atoms with Crippen LogP contribution < -0.4 is 5.73 Å². The summed E-state index contributed by atoms with van der Waals surface area (Å²) in [4.78, 5) is 10.9. The fourth-order valence-electron chi connectivity index (χ4n) is 0.582. The lowest BCUT2D eigenvalue weighted by molar-refractivity contribution is -0.138. The van der Waals surface area contributed by atoms with E-state index in [4.69, 9.17) is 10.5 Å². The standard InChI is InChI=1S/C8H13NO2/c1-4-11-8(10)6(2)5-7(3)9/h5H,3-4,9H2,1-2H3/b6-5+. The Balaban J connectivity index is 4.12. The monoisotopic (exact) mass is 155 g/mol. The van der Waals surface area contributed by atoms with Crippen molar-refractivity contribution in [3.8, 4) is 0 Å². The Labute approximate surface area is 66.5 Å². The molecule has 0 bridgehead atoms. The van der Waals surface area contributed by atoms with E-state index in [1.54, 1.807) is 13.8 Å². The minimum atomic E-state index is -0.348. The van der Waals surface area contributed by atoms with E-state index in [1.807, 2.05) is 0 Å². The van der Waals surface area contributed by atoms with Crippen LogP contribution in [0.1, 0.15) is 13.8 Å². The molecule has 3 heteroatoms. The van der Waals surface area contributed by atoms with Crippen molar-refractivity contribution in [3.63, 3.8) is 0 Å². The Kier molecular flexibility index (Phi) is 4.03. The van der Waals surface area contributed by atoms with Crippen LogP contribution in [-0.2, 0) is 9.53 Å². The number of carbonyl (C=O) groups is 1. The second-order valence-corrected chi connectivity index (χ2v) is 2.12. The summed E-state index contributed by atoms with van der Waals surface area (Å²) in [5, 5.41) is 0. The first-order valence-corrected chi connectivity index (χ1v) is 3.37.